The zero-order chi connectivity index (χ0) is 11.5. The van der Waals surface area contributed by atoms with E-state index < -0.39 is 6.10 Å². The molecule has 2 unspecified atom stereocenters. The smallest absolute Gasteiger partial charge is 0.122 e. The third-order valence-electron chi connectivity index (χ3n) is 2.99. The van der Waals surface area contributed by atoms with Crippen LogP contribution < -0.4 is 10.5 Å². The van der Waals surface area contributed by atoms with Gasteiger partial charge in [-0.3, -0.25) is 0 Å². The van der Waals surface area contributed by atoms with Crippen molar-refractivity contribution in [2.24, 2.45) is 5.73 Å². The number of rotatable bonds is 3. The number of hydrogen-bond donors (Lipinski definition) is 2. The van der Waals surface area contributed by atoms with Crippen molar-refractivity contribution in [2.75, 3.05) is 6.61 Å². The molecule has 0 saturated carbocycles. The number of aliphatic hydroxyl groups excluding tert-OH is 1. The van der Waals surface area contributed by atoms with E-state index in [-0.39, 0.29) is 6.04 Å². The Bertz CT molecular complexity index is 363. The molecule has 0 heterocycles. The minimum atomic E-state index is -0.437. The summed E-state index contributed by atoms with van der Waals surface area (Å²) in [5.41, 5.74) is 8.49. The van der Waals surface area contributed by atoms with E-state index in [1.165, 1.54) is 11.1 Å². The first-order chi connectivity index (χ1) is 7.68. The zero-order valence-electron chi connectivity index (χ0n) is 9.65. The molecule has 0 aliphatic heterocycles. The van der Waals surface area contributed by atoms with Crippen LogP contribution in [0.2, 0.25) is 0 Å². The van der Waals surface area contributed by atoms with Gasteiger partial charge in [0.1, 0.15) is 12.4 Å². The van der Waals surface area contributed by atoms with Gasteiger partial charge in [0.25, 0.3) is 0 Å². The van der Waals surface area contributed by atoms with Crippen molar-refractivity contribution in [1.29, 1.82) is 0 Å². The van der Waals surface area contributed by atoms with Crippen LogP contribution in [0, 0.1) is 0 Å². The molecule has 1 aromatic carbocycles. The van der Waals surface area contributed by atoms with E-state index in [4.69, 9.17) is 10.5 Å². The molecule has 0 amide bonds. The fraction of sp³-hybridized carbons (Fsp3) is 0.538. The first kappa shape index (κ1) is 11.4. The maximum absolute atomic E-state index is 9.22. The molecule has 2 rings (SSSR count). The topological polar surface area (TPSA) is 55.5 Å². The van der Waals surface area contributed by atoms with Crippen LogP contribution in [0.5, 0.6) is 5.75 Å². The normalized spacial score (nSPS) is 21.3. The van der Waals surface area contributed by atoms with Gasteiger partial charge in [-0.15, -0.1) is 0 Å². The molecular formula is C13H19NO2. The average Bonchev–Trinajstić information content (AvgIpc) is 2.27. The van der Waals surface area contributed by atoms with Crippen LogP contribution in [0.3, 0.4) is 0 Å². The summed E-state index contributed by atoms with van der Waals surface area (Å²) in [5, 5.41) is 9.22. The molecule has 1 aliphatic rings. The number of nitrogens with two attached hydrogens (primary N) is 1. The van der Waals surface area contributed by atoms with E-state index in [9.17, 15) is 5.11 Å². The summed E-state index contributed by atoms with van der Waals surface area (Å²) < 4.78 is 5.61. The Morgan fingerprint density at radius 3 is 3.12 bits per heavy atom. The maximum atomic E-state index is 9.22. The van der Waals surface area contributed by atoms with Crippen molar-refractivity contribution in [1.82, 2.24) is 0 Å². The molecule has 88 valence electrons. The summed E-state index contributed by atoms with van der Waals surface area (Å²) >= 11 is 0. The lowest BCUT2D eigenvalue weighted by atomic mass is 9.87. The molecule has 0 saturated heterocycles. The van der Waals surface area contributed by atoms with Crippen LogP contribution in [0.1, 0.15) is 36.9 Å². The molecule has 1 aromatic rings. The van der Waals surface area contributed by atoms with Gasteiger partial charge in [0.2, 0.25) is 0 Å². The molecule has 0 aromatic heterocycles. The average molecular weight is 221 g/mol. The van der Waals surface area contributed by atoms with Crippen molar-refractivity contribution in [3.8, 4) is 5.75 Å². The van der Waals surface area contributed by atoms with Crippen molar-refractivity contribution >= 4 is 0 Å². The van der Waals surface area contributed by atoms with E-state index in [2.05, 4.69) is 6.07 Å². The molecule has 0 bridgehead atoms. The van der Waals surface area contributed by atoms with Crippen LogP contribution in [-0.2, 0) is 6.42 Å². The fourth-order valence-corrected chi connectivity index (χ4v) is 2.20. The molecule has 3 nitrogen and oxygen atoms in total. The summed E-state index contributed by atoms with van der Waals surface area (Å²) in [6.45, 7) is 2.06. The van der Waals surface area contributed by atoms with E-state index in [0.717, 1.165) is 25.0 Å². The summed E-state index contributed by atoms with van der Waals surface area (Å²) in [6, 6.07) is 6.15. The zero-order valence-corrected chi connectivity index (χ0v) is 9.65. The summed E-state index contributed by atoms with van der Waals surface area (Å²) in [4.78, 5) is 0. The lowest BCUT2D eigenvalue weighted by Gasteiger charge is -2.24. The van der Waals surface area contributed by atoms with Gasteiger partial charge in [-0.05, 0) is 43.4 Å². The highest BCUT2D eigenvalue weighted by Gasteiger charge is 2.19. The van der Waals surface area contributed by atoms with Gasteiger partial charge >= 0.3 is 0 Å². The van der Waals surface area contributed by atoms with Crippen molar-refractivity contribution in [3.63, 3.8) is 0 Å². The lowest BCUT2D eigenvalue weighted by molar-refractivity contribution is 0.122. The number of benzene rings is 1. The summed E-state index contributed by atoms with van der Waals surface area (Å²) in [7, 11) is 0. The molecule has 2 atom stereocenters. The Hall–Kier alpha value is -1.06. The Morgan fingerprint density at radius 2 is 2.38 bits per heavy atom. The van der Waals surface area contributed by atoms with Crippen LogP contribution in [0.25, 0.3) is 0 Å². The van der Waals surface area contributed by atoms with Crippen LogP contribution in [0.15, 0.2) is 18.2 Å². The van der Waals surface area contributed by atoms with Gasteiger partial charge in [-0.25, -0.2) is 0 Å². The first-order valence-electron chi connectivity index (χ1n) is 5.86. The van der Waals surface area contributed by atoms with E-state index in [1.54, 1.807) is 6.92 Å². The standard InChI is InChI=1S/C13H19NO2/c1-9(15)8-16-13-7-3-4-10-11(13)5-2-6-12(10)14/h3-4,7,9,12,15H,2,5-6,8,14H2,1H3. The predicted molar refractivity (Wildman–Crippen MR) is 63.5 cm³/mol. The molecule has 3 heteroatoms. The Labute approximate surface area is 96.2 Å². The quantitative estimate of drug-likeness (QED) is 0.818. The Kier molecular flexibility index (Phi) is 3.46. The van der Waals surface area contributed by atoms with Crippen molar-refractivity contribution < 1.29 is 9.84 Å². The number of fused-ring (bicyclic) bond motifs is 1. The first-order valence-corrected chi connectivity index (χ1v) is 5.86. The molecule has 16 heavy (non-hydrogen) atoms. The highest BCUT2D eigenvalue weighted by Crippen LogP contribution is 2.33. The van der Waals surface area contributed by atoms with Crippen LogP contribution in [0.4, 0.5) is 0 Å². The van der Waals surface area contributed by atoms with Crippen molar-refractivity contribution in [3.05, 3.63) is 29.3 Å². The van der Waals surface area contributed by atoms with Gasteiger partial charge in [-0.1, -0.05) is 12.1 Å². The third-order valence-corrected chi connectivity index (χ3v) is 2.99. The number of aliphatic hydroxyl groups is 1. The van der Waals surface area contributed by atoms with Gasteiger partial charge < -0.3 is 15.6 Å². The minimum absolute atomic E-state index is 0.138. The highest BCUT2D eigenvalue weighted by atomic mass is 16.5. The maximum Gasteiger partial charge on any atom is 0.122 e. The SMILES string of the molecule is CC(O)COc1cccc2c1CCCC2N. The molecular weight excluding hydrogens is 202 g/mol. The molecule has 0 fully saturated rings. The predicted octanol–water partition coefficient (Wildman–Crippen LogP) is 1.78. The van der Waals surface area contributed by atoms with Gasteiger partial charge in [0, 0.05) is 6.04 Å². The summed E-state index contributed by atoms with van der Waals surface area (Å²) in [5.74, 6) is 0.883. The molecule has 1 aliphatic carbocycles. The van der Waals surface area contributed by atoms with E-state index >= 15 is 0 Å². The van der Waals surface area contributed by atoms with Crippen LogP contribution >= 0.6 is 0 Å². The second kappa shape index (κ2) is 4.85. The third kappa shape index (κ3) is 2.36. The molecule has 0 spiro atoms. The fourth-order valence-electron chi connectivity index (χ4n) is 2.20. The second-order valence-corrected chi connectivity index (χ2v) is 4.48. The van der Waals surface area contributed by atoms with Gasteiger partial charge in [0.05, 0.1) is 6.10 Å². The van der Waals surface area contributed by atoms with Crippen molar-refractivity contribution in [2.45, 2.75) is 38.3 Å². The van der Waals surface area contributed by atoms with E-state index in [1.807, 2.05) is 12.1 Å². The van der Waals surface area contributed by atoms with Gasteiger partial charge in [-0.2, -0.15) is 0 Å². The number of ether oxygens (including phenoxy) is 1. The minimum Gasteiger partial charge on any atom is -0.491 e. The number of hydrogen-bond acceptors (Lipinski definition) is 3. The van der Waals surface area contributed by atoms with Gasteiger partial charge in [0.15, 0.2) is 0 Å². The lowest BCUT2D eigenvalue weighted by Crippen LogP contribution is -2.19. The largest absolute Gasteiger partial charge is 0.491 e. The Balaban J connectivity index is 2.22. The van der Waals surface area contributed by atoms with Crippen LogP contribution in [-0.4, -0.2) is 17.8 Å². The van der Waals surface area contributed by atoms with E-state index in [0.29, 0.717) is 6.61 Å². The Morgan fingerprint density at radius 1 is 1.56 bits per heavy atom. The summed E-state index contributed by atoms with van der Waals surface area (Å²) in [6.07, 6.45) is 2.75. The highest BCUT2D eigenvalue weighted by molar-refractivity contribution is 5.43. The molecule has 0 radical (unpaired) electrons. The monoisotopic (exact) mass is 221 g/mol. The molecule has 3 N–H and O–H groups in total. The second-order valence-electron chi connectivity index (χ2n) is 4.48.